The van der Waals surface area contributed by atoms with E-state index in [1.54, 1.807) is 11.8 Å². The van der Waals surface area contributed by atoms with E-state index < -0.39 is 0 Å². The van der Waals surface area contributed by atoms with E-state index in [0.29, 0.717) is 11.7 Å². The minimum Gasteiger partial charge on any atom is -0.454 e. The molecule has 7 nitrogen and oxygen atoms in total. The summed E-state index contributed by atoms with van der Waals surface area (Å²) in [6.45, 7) is 1.11. The zero-order valence-corrected chi connectivity index (χ0v) is 14.0. The van der Waals surface area contributed by atoms with Gasteiger partial charge in [0.1, 0.15) is 0 Å². The van der Waals surface area contributed by atoms with Crippen LogP contribution in [0.4, 0.5) is 17.5 Å². The summed E-state index contributed by atoms with van der Waals surface area (Å²) in [7, 11) is 0. The molecule has 0 radical (unpaired) electrons. The van der Waals surface area contributed by atoms with Crippen molar-refractivity contribution >= 4 is 17.5 Å². The highest BCUT2D eigenvalue weighted by Gasteiger charge is 2.13. The van der Waals surface area contributed by atoms with E-state index in [1.165, 1.54) is 25.7 Å². The highest BCUT2D eigenvalue weighted by Crippen LogP contribution is 2.34. The Bertz CT molecular complexity index is 778. The van der Waals surface area contributed by atoms with Crippen LogP contribution in [0, 0.1) is 0 Å². The van der Waals surface area contributed by atoms with Crippen LogP contribution in [0.3, 0.4) is 0 Å². The molecule has 2 aromatic rings. The second-order valence-electron chi connectivity index (χ2n) is 6.14. The fraction of sp³-hybridized carbons (Fsp3) is 0.389. The molecule has 130 valence electrons. The first-order chi connectivity index (χ1) is 12.4. The molecule has 1 aliphatic heterocycles. The Kier molecular flexibility index (Phi) is 4.63. The summed E-state index contributed by atoms with van der Waals surface area (Å²) in [6.07, 6.45) is 10.1. The van der Waals surface area contributed by atoms with E-state index in [1.807, 2.05) is 18.2 Å². The van der Waals surface area contributed by atoms with Crippen molar-refractivity contribution in [2.24, 2.45) is 0 Å². The van der Waals surface area contributed by atoms with Gasteiger partial charge in [0, 0.05) is 18.3 Å². The van der Waals surface area contributed by atoms with E-state index >= 15 is 0 Å². The van der Waals surface area contributed by atoms with Crippen molar-refractivity contribution < 1.29 is 9.47 Å². The molecule has 2 N–H and O–H groups in total. The van der Waals surface area contributed by atoms with Gasteiger partial charge in [-0.1, -0.05) is 11.6 Å². The Labute approximate surface area is 146 Å². The van der Waals surface area contributed by atoms with Gasteiger partial charge in [-0.15, -0.1) is 5.10 Å². The molecule has 25 heavy (non-hydrogen) atoms. The molecule has 0 saturated carbocycles. The van der Waals surface area contributed by atoms with Gasteiger partial charge in [-0.2, -0.15) is 10.1 Å². The van der Waals surface area contributed by atoms with E-state index in [0.717, 1.165) is 30.2 Å². The molecule has 0 spiro atoms. The van der Waals surface area contributed by atoms with E-state index in [-0.39, 0.29) is 6.79 Å². The Morgan fingerprint density at radius 3 is 3.00 bits per heavy atom. The SMILES string of the molecule is C1=C(CCNc2cnnc(Nc3ccc4c(c3)OCO4)n2)CCCC1. The van der Waals surface area contributed by atoms with Gasteiger partial charge >= 0.3 is 0 Å². The van der Waals surface area contributed by atoms with E-state index in [9.17, 15) is 0 Å². The van der Waals surface area contributed by atoms with Crippen molar-refractivity contribution in [2.75, 3.05) is 24.0 Å². The number of anilines is 3. The molecule has 2 heterocycles. The number of hydrogen-bond donors (Lipinski definition) is 2. The molecule has 7 heteroatoms. The van der Waals surface area contributed by atoms with Gasteiger partial charge in [0.2, 0.25) is 12.7 Å². The van der Waals surface area contributed by atoms with Gasteiger partial charge in [0.05, 0.1) is 6.20 Å². The van der Waals surface area contributed by atoms with Crippen molar-refractivity contribution in [3.05, 3.63) is 36.0 Å². The van der Waals surface area contributed by atoms with Crippen LogP contribution >= 0.6 is 0 Å². The maximum atomic E-state index is 5.37. The van der Waals surface area contributed by atoms with Crippen LogP contribution in [0.25, 0.3) is 0 Å². The first kappa shape index (κ1) is 15.7. The molecular weight excluding hydrogens is 318 g/mol. The van der Waals surface area contributed by atoms with Gasteiger partial charge in [0.25, 0.3) is 0 Å². The van der Waals surface area contributed by atoms with Gasteiger partial charge in [-0.3, -0.25) is 0 Å². The molecule has 1 aromatic heterocycles. The number of nitrogens with zero attached hydrogens (tertiary/aromatic N) is 3. The van der Waals surface area contributed by atoms with Crippen LogP contribution in [-0.4, -0.2) is 28.5 Å². The first-order valence-electron chi connectivity index (χ1n) is 8.65. The summed E-state index contributed by atoms with van der Waals surface area (Å²) in [5.41, 5.74) is 2.37. The number of ether oxygens (including phenoxy) is 2. The molecule has 4 rings (SSSR count). The molecule has 0 saturated heterocycles. The Balaban J connectivity index is 1.35. The summed E-state index contributed by atoms with van der Waals surface area (Å²) in [4.78, 5) is 4.46. The minimum absolute atomic E-state index is 0.257. The van der Waals surface area contributed by atoms with Gasteiger partial charge in [0.15, 0.2) is 17.3 Å². The number of nitrogens with one attached hydrogen (secondary N) is 2. The molecule has 0 atom stereocenters. The number of rotatable bonds is 6. The lowest BCUT2D eigenvalue weighted by Crippen LogP contribution is -2.08. The lowest BCUT2D eigenvalue weighted by Gasteiger charge is -2.13. The quantitative estimate of drug-likeness (QED) is 0.778. The molecule has 1 aromatic carbocycles. The van der Waals surface area contributed by atoms with Crippen LogP contribution in [0.2, 0.25) is 0 Å². The highest BCUT2D eigenvalue weighted by molar-refractivity contribution is 5.60. The fourth-order valence-electron chi connectivity index (χ4n) is 3.03. The van der Waals surface area contributed by atoms with E-state index in [4.69, 9.17) is 9.47 Å². The highest BCUT2D eigenvalue weighted by atomic mass is 16.7. The van der Waals surface area contributed by atoms with Crippen LogP contribution < -0.4 is 20.1 Å². The first-order valence-corrected chi connectivity index (χ1v) is 8.65. The maximum absolute atomic E-state index is 5.37. The van der Waals surface area contributed by atoms with Crippen molar-refractivity contribution in [3.8, 4) is 11.5 Å². The molecule has 0 fully saturated rings. The van der Waals surface area contributed by atoms with Gasteiger partial charge < -0.3 is 20.1 Å². The zero-order valence-electron chi connectivity index (χ0n) is 14.0. The Morgan fingerprint density at radius 1 is 1.12 bits per heavy atom. The third kappa shape index (κ3) is 3.99. The van der Waals surface area contributed by atoms with Crippen molar-refractivity contribution in [2.45, 2.75) is 32.1 Å². The number of benzene rings is 1. The second kappa shape index (κ2) is 7.38. The molecular formula is C18H21N5O2. The molecule has 0 unspecified atom stereocenters. The Morgan fingerprint density at radius 2 is 2.08 bits per heavy atom. The molecule has 2 aliphatic rings. The predicted molar refractivity (Wildman–Crippen MR) is 95.3 cm³/mol. The largest absolute Gasteiger partial charge is 0.454 e. The second-order valence-corrected chi connectivity index (χ2v) is 6.14. The average Bonchev–Trinajstić information content (AvgIpc) is 3.11. The maximum Gasteiger partial charge on any atom is 0.249 e. The minimum atomic E-state index is 0.257. The predicted octanol–water partition coefficient (Wildman–Crippen LogP) is 3.65. The zero-order chi connectivity index (χ0) is 16.9. The summed E-state index contributed by atoms with van der Waals surface area (Å²) in [5, 5.41) is 14.5. The lowest BCUT2D eigenvalue weighted by atomic mass is 9.97. The van der Waals surface area contributed by atoms with Crippen molar-refractivity contribution in [1.29, 1.82) is 0 Å². The fourth-order valence-corrected chi connectivity index (χ4v) is 3.03. The third-order valence-electron chi connectivity index (χ3n) is 4.32. The standard InChI is InChI=1S/C18H21N5O2/c1-2-4-13(5-3-1)8-9-19-17-11-20-23-18(22-17)21-14-6-7-15-16(10-14)25-12-24-15/h4,6-7,10-11H,1-3,5,8-9,12H2,(H2,19,21,22,23). The van der Waals surface area contributed by atoms with Gasteiger partial charge in [-0.05, 0) is 44.2 Å². The van der Waals surface area contributed by atoms with Crippen LogP contribution in [0.1, 0.15) is 32.1 Å². The molecule has 1 aliphatic carbocycles. The lowest BCUT2D eigenvalue weighted by molar-refractivity contribution is 0.174. The third-order valence-corrected chi connectivity index (χ3v) is 4.32. The number of allylic oxidation sites excluding steroid dienone is 1. The van der Waals surface area contributed by atoms with E-state index in [2.05, 4.69) is 31.9 Å². The smallest absolute Gasteiger partial charge is 0.249 e. The number of aromatic nitrogens is 3. The number of hydrogen-bond acceptors (Lipinski definition) is 7. The van der Waals surface area contributed by atoms with Gasteiger partial charge in [-0.25, -0.2) is 0 Å². The average molecular weight is 339 g/mol. The molecule has 0 bridgehead atoms. The molecule has 0 amide bonds. The summed E-state index contributed by atoms with van der Waals surface area (Å²) in [5.74, 6) is 2.63. The van der Waals surface area contributed by atoms with Crippen molar-refractivity contribution in [3.63, 3.8) is 0 Å². The topological polar surface area (TPSA) is 81.2 Å². The van der Waals surface area contributed by atoms with Crippen molar-refractivity contribution in [1.82, 2.24) is 15.2 Å². The Hall–Kier alpha value is -2.83. The number of fused-ring (bicyclic) bond motifs is 1. The summed E-state index contributed by atoms with van der Waals surface area (Å²) >= 11 is 0. The normalized spacial score (nSPS) is 15.6. The summed E-state index contributed by atoms with van der Waals surface area (Å²) in [6, 6.07) is 5.62. The van der Waals surface area contributed by atoms with Crippen LogP contribution in [-0.2, 0) is 0 Å². The van der Waals surface area contributed by atoms with Crippen LogP contribution in [0.5, 0.6) is 11.5 Å². The monoisotopic (exact) mass is 339 g/mol. The van der Waals surface area contributed by atoms with Crippen LogP contribution in [0.15, 0.2) is 36.0 Å². The summed E-state index contributed by atoms with van der Waals surface area (Å²) < 4.78 is 10.7.